The second kappa shape index (κ2) is 9.18. The molecular weight excluding hydrogens is 272 g/mol. The highest BCUT2D eigenvalue weighted by Gasteiger charge is 2.22. The Morgan fingerprint density at radius 2 is 1.11 bits per heavy atom. The summed E-state index contributed by atoms with van der Waals surface area (Å²) in [5.41, 5.74) is 0. The molecule has 6 atom stereocenters. The molecule has 0 spiro atoms. The van der Waals surface area contributed by atoms with Gasteiger partial charge in [0.05, 0.1) is 0 Å². The summed E-state index contributed by atoms with van der Waals surface area (Å²) in [5.74, 6) is 0.141. The van der Waals surface area contributed by atoms with Gasteiger partial charge in [0, 0.05) is 10.5 Å². The van der Waals surface area contributed by atoms with Crippen LogP contribution < -0.4 is 0 Å². The van der Waals surface area contributed by atoms with Gasteiger partial charge in [-0.3, -0.25) is 8.42 Å². The van der Waals surface area contributed by atoms with Crippen molar-refractivity contribution < 1.29 is 17.5 Å². The van der Waals surface area contributed by atoms with E-state index in [1.165, 1.54) is 0 Å². The lowest BCUT2D eigenvalue weighted by molar-refractivity contribution is 0.407. The first-order chi connectivity index (χ1) is 8.34. The van der Waals surface area contributed by atoms with Crippen molar-refractivity contribution in [3.8, 4) is 0 Å². The van der Waals surface area contributed by atoms with Crippen molar-refractivity contribution in [3.63, 3.8) is 0 Å². The molecule has 18 heavy (non-hydrogen) atoms. The van der Waals surface area contributed by atoms with E-state index in [2.05, 4.69) is 0 Å². The molecule has 6 unspecified atom stereocenters. The average molecular weight is 296 g/mol. The normalized spacial score (nSPS) is 21.9. The van der Waals surface area contributed by atoms with E-state index in [1.54, 1.807) is 0 Å². The van der Waals surface area contributed by atoms with Gasteiger partial charge in [-0.15, -0.1) is 0 Å². The zero-order chi connectivity index (χ0) is 14.3. The van der Waals surface area contributed by atoms with Crippen LogP contribution in [0.5, 0.6) is 0 Å². The van der Waals surface area contributed by atoms with E-state index in [4.69, 9.17) is 0 Å². The maximum absolute atomic E-state index is 11.2. The molecule has 0 amide bonds. The molecule has 110 valence electrons. The van der Waals surface area contributed by atoms with Gasteiger partial charge < -0.3 is 9.11 Å². The second-order valence-corrected chi connectivity index (χ2v) is 7.20. The zero-order valence-corrected chi connectivity index (χ0v) is 13.2. The third-order valence-electron chi connectivity index (χ3n) is 3.79. The first-order valence-corrected chi connectivity index (χ1v) is 8.78. The van der Waals surface area contributed by atoms with Crippen LogP contribution in [0.2, 0.25) is 0 Å². The van der Waals surface area contributed by atoms with E-state index in [-0.39, 0.29) is 11.8 Å². The first kappa shape index (κ1) is 18.2. The van der Waals surface area contributed by atoms with Crippen LogP contribution in [0.3, 0.4) is 0 Å². The molecule has 0 heterocycles. The molecule has 0 N–H and O–H groups in total. The van der Waals surface area contributed by atoms with Gasteiger partial charge in [-0.1, -0.05) is 62.7 Å². The molecule has 0 rings (SSSR count). The van der Waals surface area contributed by atoms with Crippen molar-refractivity contribution in [1.82, 2.24) is 0 Å². The van der Waals surface area contributed by atoms with Crippen molar-refractivity contribution in [3.05, 3.63) is 0 Å². The fourth-order valence-electron chi connectivity index (χ4n) is 2.00. The lowest BCUT2D eigenvalue weighted by Gasteiger charge is -2.30. The van der Waals surface area contributed by atoms with Gasteiger partial charge in [-0.05, 0) is 24.7 Å². The molecule has 0 aliphatic heterocycles. The Morgan fingerprint density at radius 3 is 1.28 bits per heavy atom. The minimum Gasteiger partial charge on any atom is -0.772 e. The second-order valence-electron chi connectivity index (χ2n) is 4.95. The average Bonchev–Trinajstić information content (AvgIpc) is 2.31. The Morgan fingerprint density at radius 1 is 0.833 bits per heavy atom. The summed E-state index contributed by atoms with van der Waals surface area (Å²) in [6, 6.07) is 0. The van der Waals surface area contributed by atoms with Gasteiger partial charge in [0.2, 0.25) is 0 Å². The largest absolute Gasteiger partial charge is 0.772 e. The highest BCUT2D eigenvalue weighted by atomic mass is 32.2. The molecule has 0 saturated heterocycles. The molecule has 0 saturated carbocycles. The summed E-state index contributed by atoms with van der Waals surface area (Å²) in [7, 11) is 0. The molecule has 4 nitrogen and oxygen atoms in total. The summed E-state index contributed by atoms with van der Waals surface area (Å²) < 4.78 is 44.7. The lowest BCUT2D eigenvalue weighted by Crippen LogP contribution is -2.29. The Balaban J connectivity index is 4.56. The fraction of sp³-hybridized carbons (Fsp3) is 1.00. The number of hydrogen-bond donors (Lipinski definition) is 0. The van der Waals surface area contributed by atoms with Crippen LogP contribution in [-0.2, 0) is 22.2 Å². The Hall–Kier alpha value is 0.220. The van der Waals surface area contributed by atoms with E-state index in [9.17, 15) is 17.5 Å². The molecule has 0 aromatic rings. The van der Waals surface area contributed by atoms with Gasteiger partial charge in [0.15, 0.2) is 0 Å². The highest BCUT2D eigenvalue weighted by Crippen LogP contribution is 2.24. The van der Waals surface area contributed by atoms with Crippen molar-refractivity contribution in [2.45, 2.75) is 63.9 Å². The van der Waals surface area contributed by atoms with E-state index in [0.717, 1.165) is 12.8 Å². The topological polar surface area (TPSA) is 80.3 Å². The molecule has 0 radical (unpaired) electrons. The SMILES string of the molecule is CCC(C)C(CCC(C(C)CC)S(=O)[O-])S(=O)[O-]. The van der Waals surface area contributed by atoms with E-state index >= 15 is 0 Å². The summed E-state index contributed by atoms with van der Waals surface area (Å²) >= 11 is -4.26. The van der Waals surface area contributed by atoms with Crippen LogP contribution >= 0.6 is 0 Å². The summed E-state index contributed by atoms with van der Waals surface area (Å²) in [6.07, 6.45) is 2.42. The van der Waals surface area contributed by atoms with Crippen LogP contribution in [0, 0.1) is 11.8 Å². The summed E-state index contributed by atoms with van der Waals surface area (Å²) in [6.45, 7) is 7.69. The van der Waals surface area contributed by atoms with Crippen molar-refractivity contribution in [2.24, 2.45) is 11.8 Å². The molecular formula is C12H24O4S2-2. The van der Waals surface area contributed by atoms with Crippen molar-refractivity contribution in [2.75, 3.05) is 0 Å². The van der Waals surface area contributed by atoms with Crippen LogP contribution in [0.4, 0.5) is 0 Å². The third-order valence-corrected chi connectivity index (χ3v) is 6.18. The van der Waals surface area contributed by atoms with E-state index in [0.29, 0.717) is 12.8 Å². The third kappa shape index (κ3) is 5.91. The molecule has 0 aliphatic rings. The minimum absolute atomic E-state index is 0.0704. The Kier molecular flexibility index (Phi) is 9.29. The van der Waals surface area contributed by atoms with E-state index < -0.39 is 32.7 Å². The lowest BCUT2D eigenvalue weighted by atomic mass is 9.95. The first-order valence-electron chi connectivity index (χ1n) is 6.51. The Bertz CT molecular complexity index is 255. The van der Waals surface area contributed by atoms with Gasteiger partial charge >= 0.3 is 0 Å². The van der Waals surface area contributed by atoms with Crippen LogP contribution in [-0.4, -0.2) is 28.0 Å². The van der Waals surface area contributed by atoms with Gasteiger partial charge in [-0.2, -0.15) is 0 Å². The predicted octanol–water partition coefficient (Wildman–Crippen LogP) is 2.35. The number of hydrogen-bond acceptors (Lipinski definition) is 4. The maximum Gasteiger partial charge on any atom is 0.0241 e. The van der Waals surface area contributed by atoms with Gasteiger partial charge in [-0.25, -0.2) is 0 Å². The minimum atomic E-state index is -2.13. The van der Waals surface area contributed by atoms with Gasteiger partial charge in [0.25, 0.3) is 0 Å². The molecule has 0 fully saturated rings. The van der Waals surface area contributed by atoms with E-state index in [1.807, 2.05) is 27.7 Å². The highest BCUT2D eigenvalue weighted by molar-refractivity contribution is 7.80. The maximum atomic E-state index is 11.2. The molecule has 0 aromatic carbocycles. The predicted molar refractivity (Wildman–Crippen MR) is 73.6 cm³/mol. The van der Waals surface area contributed by atoms with Crippen molar-refractivity contribution >= 4 is 22.2 Å². The van der Waals surface area contributed by atoms with Crippen LogP contribution in [0.1, 0.15) is 53.4 Å². The molecule has 0 bridgehead atoms. The molecule has 0 aliphatic carbocycles. The molecule has 0 aromatic heterocycles. The smallest absolute Gasteiger partial charge is 0.0241 e. The fourth-order valence-corrected chi connectivity index (χ4v) is 3.80. The van der Waals surface area contributed by atoms with Crippen molar-refractivity contribution in [1.29, 1.82) is 0 Å². The van der Waals surface area contributed by atoms with Crippen LogP contribution in [0.15, 0.2) is 0 Å². The standard InChI is InChI=1S/C12H26O4S2/c1-5-9(3)11(17(13)14)7-8-12(18(15)16)10(4)6-2/h9-12H,5-8H2,1-4H3,(H,13,14)(H,15,16)/p-2. The van der Waals surface area contributed by atoms with Crippen LogP contribution in [0.25, 0.3) is 0 Å². The number of rotatable bonds is 9. The zero-order valence-electron chi connectivity index (χ0n) is 11.6. The summed E-state index contributed by atoms with van der Waals surface area (Å²) in [4.78, 5) is 0. The van der Waals surface area contributed by atoms with Gasteiger partial charge in [0.1, 0.15) is 0 Å². The summed E-state index contributed by atoms with van der Waals surface area (Å²) in [5, 5.41) is -0.879. The Labute approximate surface area is 116 Å². The molecule has 6 heteroatoms. The quantitative estimate of drug-likeness (QED) is 0.612. The monoisotopic (exact) mass is 296 g/mol.